The molecule has 0 amide bonds. The van der Waals surface area contributed by atoms with Gasteiger partial charge in [-0.2, -0.15) is 0 Å². The van der Waals surface area contributed by atoms with E-state index in [2.05, 4.69) is 16.7 Å². The molecular formula is C15H24N2O. The maximum Gasteiger partial charge on any atom is 0.150 e. The van der Waals surface area contributed by atoms with Crippen LogP contribution in [-0.4, -0.2) is 54.9 Å². The van der Waals surface area contributed by atoms with Crippen molar-refractivity contribution < 1.29 is 4.79 Å². The lowest BCUT2D eigenvalue weighted by atomic mass is 9.58. The Morgan fingerprint density at radius 2 is 1.56 bits per heavy atom. The maximum absolute atomic E-state index is 13.1. The van der Waals surface area contributed by atoms with Gasteiger partial charge in [-0.1, -0.05) is 19.8 Å². The predicted molar refractivity (Wildman–Crippen MR) is 70.4 cm³/mol. The second-order valence-electron chi connectivity index (χ2n) is 7.45. The van der Waals surface area contributed by atoms with Crippen LogP contribution in [0.1, 0.15) is 32.6 Å². The van der Waals surface area contributed by atoms with E-state index in [0.29, 0.717) is 11.7 Å². The van der Waals surface area contributed by atoms with Gasteiger partial charge < -0.3 is 0 Å². The first kappa shape index (κ1) is 11.4. The standard InChI is InChI=1S/C15H24N2O/c1-14-8-16-6-7-17(9-14)11-15(10-16,13(14)18)12-4-2-3-5-12/h12H,2-11H2,1H3. The first-order chi connectivity index (χ1) is 8.62. The number of Topliss-reactive ketones (excluding diaryl/α,β-unsaturated/α-hetero) is 1. The van der Waals surface area contributed by atoms with Crippen molar-refractivity contribution in [3.05, 3.63) is 0 Å². The lowest BCUT2D eigenvalue weighted by Gasteiger charge is -2.55. The van der Waals surface area contributed by atoms with Gasteiger partial charge in [0.1, 0.15) is 5.78 Å². The number of piperidine rings is 2. The molecule has 0 aromatic carbocycles. The molecule has 0 N–H and O–H groups in total. The molecule has 0 radical (unpaired) electrons. The van der Waals surface area contributed by atoms with E-state index in [0.717, 1.165) is 26.2 Å². The lowest BCUT2D eigenvalue weighted by molar-refractivity contribution is -0.159. The second kappa shape index (κ2) is 3.57. The molecule has 1 saturated carbocycles. The smallest absolute Gasteiger partial charge is 0.150 e. The molecule has 3 nitrogen and oxygen atoms in total. The third-order valence-electron chi connectivity index (χ3n) is 6.03. The van der Waals surface area contributed by atoms with Crippen LogP contribution in [0.4, 0.5) is 0 Å². The van der Waals surface area contributed by atoms with E-state index in [1.807, 2.05) is 0 Å². The first-order valence-electron chi connectivity index (χ1n) is 7.62. The Labute approximate surface area is 110 Å². The number of hydrogen-bond acceptors (Lipinski definition) is 3. The average Bonchev–Trinajstić information content (AvgIpc) is 2.75. The van der Waals surface area contributed by atoms with E-state index in [4.69, 9.17) is 0 Å². The quantitative estimate of drug-likeness (QED) is 0.700. The molecule has 4 bridgehead atoms. The highest BCUT2D eigenvalue weighted by atomic mass is 16.1. The monoisotopic (exact) mass is 248 g/mol. The topological polar surface area (TPSA) is 23.6 Å². The van der Waals surface area contributed by atoms with E-state index >= 15 is 0 Å². The van der Waals surface area contributed by atoms with Gasteiger partial charge in [-0.15, -0.1) is 0 Å². The van der Waals surface area contributed by atoms with Gasteiger partial charge in [-0.3, -0.25) is 14.6 Å². The number of carbonyl (C=O) groups excluding carboxylic acids is 1. The molecule has 4 heterocycles. The van der Waals surface area contributed by atoms with E-state index in [1.165, 1.54) is 38.8 Å². The summed E-state index contributed by atoms with van der Waals surface area (Å²) >= 11 is 0. The average molecular weight is 248 g/mol. The highest BCUT2D eigenvalue weighted by Gasteiger charge is 2.61. The van der Waals surface area contributed by atoms with Gasteiger partial charge in [0.25, 0.3) is 0 Å². The lowest BCUT2D eigenvalue weighted by Crippen LogP contribution is -2.68. The van der Waals surface area contributed by atoms with Crippen molar-refractivity contribution in [1.29, 1.82) is 0 Å². The number of fused-ring (bicyclic) bond motifs is 1. The molecule has 0 spiro atoms. The molecule has 5 fully saturated rings. The zero-order valence-electron chi connectivity index (χ0n) is 11.5. The van der Waals surface area contributed by atoms with Crippen LogP contribution in [-0.2, 0) is 4.79 Å². The minimum atomic E-state index is -0.0738. The Hall–Kier alpha value is -0.410. The minimum Gasteiger partial charge on any atom is -0.300 e. The Bertz CT molecular complexity index is 370. The molecule has 5 aliphatic rings. The summed E-state index contributed by atoms with van der Waals surface area (Å²) in [6, 6.07) is 0. The molecule has 3 heteroatoms. The van der Waals surface area contributed by atoms with Gasteiger partial charge in [0.05, 0.1) is 10.8 Å². The van der Waals surface area contributed by atoms with E-state index in [9.17, 15) is 4.79 Å². The third kappa shape index (κ3) is 1.35. The summed E-state index contributed by atoms with van der Waals surface area (Å²) in [6.07, 6.45) is 5.28. The highest BCUT2D eigenvalue weighted by Crippen LogP contribution is 2.52. The summed E-state index contributed by atoms with van der Waals surface area (Å²) in [6.45, 7) is 8.72. The fourth-order valence-corrected chi connectivity index (χ4v) is 5.41. The number of carbonyl (C=O) groups is 1. The molecule has 100 valence electrons. The van der Waals surface area contributed by atoms with Gasteiger partial charge >= 0.3 is 0 Å². The van der Waals surface area contributed by atoms with Crippen molar-refractivity contribution in [2.45, 2.75) is 32.6 Å². The molecule has 5 rings (SSSR count). The van der Waals surface area contributed by atoms with Crippen LogP contribution in [0.5, 0.6) is 0 Å². The normalized spacial score (nSPS) is 51.9. The molecule has 4 aliphatic heterocycles. The van der Waals surface area contributed by atoms with Crippen molar-refractivity contribution in [1.82, 2.24) is 9.80 Å². The van der Waals surface area contributed by atoms with Crippen LogP contribution in [0, 0.1) is 16.7 Å². The van der Waals surface area contributed by atoms with Crippen LogP contribution in [0.2, 0.25) is 0 Å². The molecular weight excluding hydrogens is 224 g/mol. The van der Waals surface area contributed by atoms with Crippen molar-refractivity contribution in [2.24, 2.45) is 16.7 Å². The summed E-state index contributed by atoms with van der Waals surface area (Å²) in [7, 11) is 0. The van der Waals surface area contributed by atoms with Gasteiger partial charge in [0.15, 0.2) is 0 Å². The zero-order chi connectivity index (χ0) is 12.4. The van der Waals surface area contributed by atoms with Gasteiger partial charge in [-0.25, -0.2) is 0 Å². The summed E-state index contributed by atoms with van der Waals surface area (Å²) in [4.78, 5) is 18.3. The Morgan fingerprint density at radius 1 is 1.00 bits per heavy atom. The van der Waals surface area contributed by atoms with Gasteiger partial charge in [-0.05, 0) is 18.8 Å². The van der Waals surface area contributed by atoms with Crippen molar-refractivity contribution in [3.63, 3.8) is 0 Å². The van der Waals surface area contributed by atoms with E-state index in [1.54, 1.807) is 0 Å². The highest BCUT2D eigenvalue weighted by molar-refractivity contribution is 5.93. The Balaban J connectivity index is 1.79. The molecule has 4 saturated heterocycles. The van der Waals surface area contributed by atoms with Gasteiger partial charge in [0.2, 0.25) is 0 Å². The maximum atomic E-state index is 13.1. The van der Waals surface area contributed by atoms with Crippen LogP contribution in [0.15, 0.2) is 0 Å². The SMILES string of the molecule is CC12CN3CCN(C1)CC(C1CCCC1)(C3)C2=O. The summed E-state index contributed by atoms with van der Waals surface area (Å²) in [5.74, 6) is 1.30. The zero-order valence-corrected chi connectivity index (χ0v) is 11.5. The predicted octanol–water partition coefficient (Wildman–Crippen LogP) is 1.38. The van der Waals surface area contributed by atoms with Crippen molar-refractivity contribution >= 4 is 5.78 Å². The second-order valence-corrected chi connectivity index (χ2v) is 7.45. The molecule has 2 atom stereocenters. The number of ketones is 1. The fraction of sp³-hybridized carbons (Fsp3) is 0.933. The van der Waals surface area contributed by atoms with Crippen molar-refractivity contribution in [2.75, 3.05) is 39.3 Å². The first-order valence-corrected chi connectivity index (χ1v) is 7.62. The fourth-order valence-electron chi connectivity index (χ4n) is 5.41. The summed E-state index contributed by atoms with van der Waals surface area (Å²) in [5.41, 5.74) is -0.0756. The van der Waals surface area contributed by atoms with E-state index in [-0.39, 0.29) is 10.8 Å². The van der Waals surface area contributed by atoms with Crippen molar-refractivity contribution in [3.8, 4) is 0 Å². The molecule has 0 aromatic heterocycles. The van der Waals surface area contributed by atoms with Crippen LogP contribution in [0.3, 0.4) is 0 Å². The summed E-state index contributed by atoms with van der Waals surface area (Å²) < 4.78 is 0. The third-order valence-corrected chi connectivity index (χ3v) is 6.03. The largest absolute Gasteiger partial charge is 0.300 e. The molecule has 1 aliphatic carbocycles. The number of hydrogen-bond donors (Lipinski definition) is 0. The molecule has 18 heavy (non-hydrogen) atoms. The van der Waals surface area contributed by atoms with Crippen LogP contribution in [0.25, 0.3) is 0 Å². The Morgan fingerprint density at radius 3 is 2.11 bits per heavy atom. The van der Waals surface area contributed by atoms with Crippen LogP contribution >= 0.6 is 0 Å². The summed E-state index contributed by atoms with van der Waals surface area (Å²) in [5, 5.41) is 0. The number of rotatable bonds is 1. The molecule has 2 unspecified atom stereocenters. The Kier molecular flexibility index (Phi) is 2.27. The van der Waals surface area contributed by atoms with Gasteiger partial charge in [0, 0.05) is 39.3 Å². The molecule has 0 aromatic rings. The van der Waals surface area contributed by atoms with Crippen LogP contribution < -0.4 is 0 Å². The number of nitrogens with zero attached hydrogens (tertiary/aromatic N) is 2. The minimum absolute atomic E-state index is 0.00174. The van der Waals surface area contributed by atoms with E-state index < -0.39 is 0 Å².